The van der Waals surface area contributed by atoms with Gasteiger partial charge in [0.1, 0.15) is 29.8 Å². The zero-order valence-electron chi connectivity index (χ0n) is 18.4. The van der Waals surface area contributed by atoms with Gasteiger partial charge in [0.2, 0.25) is 0 Å². The fraction of sp³-hybridized carbons (Fsp3) is 0.240. The van der Waals surface area contributed by atoms with Gasteiger partial charge in [-0.05, 0) is 47.5 Å². The third-order valence-corrected chi connectivity index (χ3v) is 5.38. The highest BCUT2D eigenvalue weighted by molar-refractivity contribution is 5.88. The highest BCUT2D eigenvalue weighted by atomic mass is 16.6. The Hall–Kier alpha value is -4.15. The van der Waals surface area contributed by atoms with Crippen LogP contribution in [0.15, 0.2) is 60.7 Å². The summed E-state index contributed by atoms with van der Waals surface area (Å²) in [5.74, 6) is -3.38. The summed E-state index contributed by atoms with van der Waals surface area (Å²) >= 11 is 0. The Labute approximate surface area is 200 Å². The maximum Gasteiger partial charge on any atom is 0.335 e. The summed E-state index contributed by atoms with van der Waals surface area (Å²) in [4.78, 5) is 36.2. The molecule has 0 bridgehead atoms. The number of hydrogen-bond acceptors (Lipinski definition) is 9. The second-order valence-corrected chi connectivity index (χ2v) is 8.04. The van der Waals surface area contributed by atoms with Crippen molar-refractivity contribution in [2.24, 2.45) is 0 Å². The van der Waals surface area contributed by atoms with Gasteiger partial charge in [0.15, 0.2) is 5.60 Å². The van der Waals surface area contributed by atoms with Crippen LogP contribution in [0.2, 0.25) is 0 Å². The maximum absolute atomic E-state index is 12.3. The zero-order valence-corrected chi connectivity index (χ0v) is 18.4. The molecule has 1 fully saturated rings. The van der Waals surface area contributed by atoms with Crippen molar-refractivity contribution in [2.45, 2.75) is 36.8 Å². The molecule has 10 heteroatoms. The van der Waals surface area contributed by atoms with Crippen LogP contribution >= 0.6 is 0 Å². The van der Waals surface area contributed by atoms with E-state index in [1.165, 1.54) is 36.4 Å². The smallest absolute Gasteiger partial charge is 0.335 e. The Morgan fingerprint density at radius 1 is 0.771 bits per heavy atom. The zero-order chi connectivity index (χ0) is 25.6. The van der Waals surface area contributed by atoms with Crippen LogP contribution < -0.4 is 0 Å². The summed E-state index contributed by atoms with van der Waals surface area (Å²) in [6.07, 6.45) is -0.922. The van der Waals surface area contributed by atoms with Gasteiger partial charge in [0, 0.05) is 25.0 Å². The van der Waals surface area contributed by atoms with E-state index < -0.39 is 54.7 Å². The molecule has 0 aliphatic heterocycles. The number of benzene rings is 2. The standard InChI is InChI=1S/C25H24O10/c26-17-7-1-15(2-8-17)5-11-21(28)34-19-13-25(33,24(31)32)14-20(23(19)30)35-22(29)12-6-16-3-9-18(27)10-4-16/h1-12,19-20,23,26-27,30,33H,13-14H2,(H,31,32)/b11-5+,12-6+/t19-,20-,23?,25?/m0/s1. The van der Waals surface area contributed by atoms with Crippen molar-refractivity contribution in [2.75, 3.05) is 0 Å². The Morgan fingerprint density at radius 3 is 1.49 bits per heavy atom. The van der Waals surface area contributed by atoms with Crippen LogP contribution in [-0.2, 0) is 23.9 Å². The fourth-order valence-corrected chi connectivity index (χ4v) is 3.50. The van der Waals surface area contributed by atoms with Gasteiger partial charge >= 0.3 is 17.9 Å². The minimum Gasteiger partial charge on any atom is -0.508 e. The molecular weight excluding hydrogens is 460 g/mol. The molecule has 10 nitrogen and oxygen atoms in total. The van der Waals surface area contributed by atoms with E-state index in [2.05, 4.69) is 0 Å². The van der Waals surface area contributed by atoms with Crippen LogP contribution in [0.3, 0.4) is 0 Å². The van der Waals surface area contributed by atoms with Crippen molar-refractivity contribution in [1.29, 1.82) is 0 Å². The molecule has 0 aromatic heterocycles. The second kappa shape index (κ2) is 10.9. The molecule has 35 heavy (non-hydrogen) atoms. The highest BCUT2D eigenvalue weighted by Gasteiger charge is 2.52. The third-order valence-electron chi connectivity index (χ3n) is 5.38. The summed E-state index contributed by atoms with van der Waals surface area (Å²) < 4.78 is 10.3. The molecule has 0 saturated heterocycles. The summed E-state index contributed by atoms with van der Waals surface area (Å²) in [6, 6.07) is 11.8. The lowest BCUT2D eigenvalue weighted by Gasteiger charge is -2.40. The molecule has 2 aromatic rings. The minimum absolute atomic E-state index is 0.0431. The normalized spacial score (nSPS) is 24.3. The number of carboxylic acid groups (broad SMARTS) is 1. The van der Waals surface area contributed by atoms with E-state index in [0.717, 1.165) is 12.2 Å². The average Bonchev–Trinajstić information content (AvgIpc) is 2.81. The van der Waals surface area contributed by atoms with Gasteiger partial charge in [0.25, 0.3) is 0 Å². The summed E-state index contributed by atoms with van der Waals surface area (Å²) in [7, 11) is 0. The predicted octanol–water partition coefficient (Wildman–Crippen LogP) is 1.62. The SMILES string of the molecule is O=C(/C=C/c1ccc(O)cc1)O[C@H]1CC(O)(C(=O)O)C[C@H](OC(=O)/C=C/c2ccc(O)cc2)C1O. The van der Waals surface area contributed by atoms with Crippen LogP contribution in [0.1, 0.15) is 24.0 Å². The number of phenolic OH excluding ortho intramolecular Hbond substituents is 2. The van der Waals surface area contributed by atoms with Gasteiger partial charge in [-0.1, -0.05) is 24.3 Å². The van der Waals surface area contributed by atoms with Crippen molar-refractivity contribution in [3.8, 4) is 11.5 Å². The number of rotatable bonds is 7. The van der Waals surface area contributed by atoms with E-state index in [9.17, 15) is 39.9 Å². The molecular formula is C25H24O10. The Morgan fingerprint density at radius 2 is 1.14 bits per heavy atom. The first-order chi connectivity index (χ1) is 16.6. The first-order valence-electron chi connectivity index (χ1n) is 10.5. The molecule has 2 aromatic carbocycles. The van der Waals surface area contributed by atoms with E-state index in [1.54, 1.807) is 24.3 Å². The molecule has 0 amide bonds. The topological polar surface area (TPSA) is 171 Å². The number of aromatic hydroxyl groups is 2. The molecule has 3 rings (SSSR count). The molecule has 1 aliphatic carbocycles. The number of aliphatic carboxylic acids is 1. The van der Waals surface area contributed by atoms with Crippen LogP contribution in [0, 0.1) is 0 Å². The number of aliphatic hydroxyl groups is 2. The van der Waals surface area contributed by atoms with E-state index >= 15 is 0 Å². The summed E-state index contributed by atoms with van der Waals surface area (Å²) in [5, 5.41) is 49.2. The Bertz CT molecular complexity index is 1040. The molecule has 5 N–H and O–H groups in total. The van der Waals surface area contributed by atoms with Crippen molar-refractivity contribution >= 4 is 30.1 Å². The number of carboxylic acids is 1. The largest absolute Gasteiger partial charge is 0.508 e. The molecule has 184 valence electrons. The van der Waals surface area contributed by atoms with Crippen molar-refractivity contribution < 1.29 is 49.4 Å². The molecule has 1 saturated carbocycles. The summed E-state index contributed by atoms with van der Waals surface area (Å²) in [6.45, 7) is 0. The van der Waals surface area contributed by atoms with E-state index in [4.69, 9.17) is 9.47 Å². The quantitative estimate of drug-likeness (QED) is 0.287. The lowest BCUT2D eigenvalue weighted by molar-refractivity contribution is -0.203. The fourth-order valence-electron chi connectivity index (χ4n) is 3.50. The van der Waals surface area contributed by atoms with E-state index in [0.29, 0.717) is 11.1 Å². The molecule has 0 unspecified atom stereocenters. The Balaban J connectivity index is 1.69. The monoisotopic (exact) mass is 484 g/mol. The van der Waals surface area contributed by atoms with Gasteiger partial charge in [-0.25, -0.2) is 14.4 Å². The highest BCUT2D eigenvalue weighted by Crippen LogP contribution is 2.33. The molecule has 0 spiro atoms. The number of hydrogen-bond donors (Lipinski definition) is 5. The summed E-state index contributed by atoms with van der Waals surface area (Å²) in [5.41, 5.74) is -1.27. The number of esters is 2. The molecule has 0 heterocycles. The number of ether oxygens (including phenoxy) is 2. The van der Waals surface area contributed by atoms with Crippen molar-refractivity contribution in [1.82, 2.24) is 0 Å². The number of aliphatic hydroxyl groups excluding tert-OH is 1. The first kappa shape index (κ1) is 25.5. The van der Waals surface area contributed by atoms with Crippen LogP contribution in [0.5, 0.6) is 11.5 Å². The van der Waals surface area contributed by atoms with E-state index in [-0.39, 0.29) is 11.5 Å². The third kappa shape index (κ3) is 6.92. The van der Waals surface area contributed by atoms with Crippen LogP contribution in [0.25, 0.3) is 12.2 Å². The van der Waals surface area contributed by atoms with Crippen molar-refractivity contribution in [3.63, 3.8) is 0 Å². The number of phenols is 2. The van der Waals surface area contributed by atoms with Gasteiger partial charge in [-0.2, -0.15) is 0 Å². The maximum atomic E-state index is 12.3. The average molecular weight is 484 g/mol. The van der Waals surface area contributed by atoms with Gasteiger partial charge in [-0.15, -0.1) is 0 Å². The van der Waals surface area contributed by atoms with Crippen LogP contribution in [-0.4, -0.2) is 67.4 Å². The lowest BCUT2D eigenvalue weighted by Crippen LogP contribution is -2.58. The number of carbonyl (C=O) groups is 3. The molecule has 0 radical (unpaired) electrons. The van der Waals surface area contributed by atoms with Gasteiger partial charge < -0.3 is 35.0 Å². The predicted molar refractivity (Wildman–Crippen MR) is 122 cm³/mol. The molecule has 1 aliphatic rings. The van der Waals surface area contributed by atoms with Gasteiger partial charge in [0.05, 0.1) is 0 Å². The lowest BCUT2D eigenvalue weighted by atomic mass is 9.79. The number of carbonyl (C=O) groups excluding carboxylic acids is 2. The first-order valence-corrected chi connectivity index (χ1v) is 10.5. The van der Waals surface area contributed by atoms with Crippen molar-refractivity contribution in [3.05, 3.63) is 71.8 Å². The van der Waals surface area contributed by atoms with Gasteiger partial charge in [-0.3, -0.25) is 0 Å². The second-order valence-electron chi connectivity index (χ2n) is 8.04. The van der Waals surface area contributed by atoms with E-state index in [1.807, 2.05) is 0 Å². The van der Waals surface area contributed by atoms with Crippen LogP contribution in [0.4, 0.5) is 0 Å². The molecule has 2 atom stereocenters. The Kier molecular flexibility index (Phi) is 7.90. The minimum atomic E-state index is -2.41.